The first-order valence-corrected chi connectivity index (χ1v) is 6.87. The lowest BCUT2D eigenvalue weighted by atomic mass is 10.2. The Kier molecular flexibility index (Phi) is 3.08. The molecular weight excluding hydrogens is 252 g/mol. The summed E-state index contributed by atoms with van der Waals surface area (Å²) >= 11 is 6.02. The van der Waals surface area contributed by atoms with Crippen molar-refractivity contribution in [2.24, 2.45) is 0 Å². The number of aliphatic hydroxyl groups is 1. The fourth-order valence-corrected chi connectivity index (χ4v) is 2.92. The molecule has 2 aliphatic rings. The number of likely N-dealkylation sites (tertiary alicyclic amines) is 1. The van der Waals surface area contributed by atoms with Crippen LogP contribution >= 0.6 is 11.6 Å². The van der Waals surface area contributed by atoms with Crippen LogP contribution in [0.1, 0.15) is 42.2 Å². The van der Waals surface area contributed by atoms with Crippen molar-refractivity contribution in [3.8, 4) is 0 Å². The molecule has 1 aromatic heterocycles. The summed E-state index contributed by atoms with van der Waals surface area (Å²) < 4.78 is 2.00. The number of aliphatic hydroxyl groups excluding tert-OH is 1. The van der Waals surface area contributed by atoms with Crippen molar-refractivity contribution >= 4 is 17.5 Å². The van der Waals surface area contributed by atoms with Crippen molar-refractivity contribution in [1.29, 1.82) is 0 Å². The summed E-state index contributed by atoms with van der Waals surface area (Å²) in [5, 5.41) is 9.92. The van der Waals surface area contributed by atoms with Gasteiger partial charge in [-0.2, -0.15) is 0 Å². The van der Waals surface area contributed by atoms with E-state index < -0.39 is 0 Å². The maximum Gasteiger partial charge on any atom is 0.270 e. The number of halogens is 1. The lowest BCUT2D eigenvalue weighted by Gasteiger charge is -2.23. The Morgan fingerprint density at radius 3 is 2.89 bits per heavy atom. The van der Waals surface area contributed by atoms with Gasteiger partial charge >= 0.3 is 0 Å². The predicted octanol–water partition coefficient (Wildman–Crippen LogP) is 2.07. The standard InChI is InChI=1S/C13H17ClN2O2/c14-9-6-12(16(7-9)10-3-4-10)13(18)15-5-1-2-11(15)8-17/h6-7,10-11,17H,1-5,8H2/t11-/m0/s1. The molecular formula is C13H17ClN2O2. The quantitative estimate of drug-likeness (QED) is 0.912. The van der Waals surface area contributed by atoms with Crippen LogP contribution in [-0.4, -0.2) is 39.7 Å². The van der Waals surface area contributed by atoms with Crippen LogP contribution in [0.5, 0.6) is 0 Å². The van der Waals surface area contributed by atoms with Crippen LogP contribution in [0.2, 0.25) is 5.02 Å². The second kappa shape index (κ2) is 4.59. The maximum absolute atomic E-state index is 12.5. The number of carbonyl (C=O) groups excluding carboxylic acids is 1. The predicted molar refractivity (Wildman–Crippen MR) is 68.9 cm³/mol. The number of rotatable bonds is 3. The summed E-state index contributed by atoms with van der Waals surface area (Å²) in [5.41, 5.74) is 0.669. The zero-order chi connectivity index (χ0) is 12.7. The summed E-state index contributed by atoms with van der Waals surface area (Å²) in [5.74, 6) is 0.00495. The Bertz CT molecular complexity index is 468. The molecule has 1 saturated heterocycles. The second-order valence-corrected chi connectivity index (χ2v) is 5.60. The van der Waals surface area contributed by atoms with Crippen molar-refractivity contribution in [3.63, 3.8) is 0 Å². The van der Waals surface area contributed by atoms with Crippen LogP contribution < -0.4 is 0 Å². The molecule has 1 N–H and O–H groups in total. The normalized spacial score (nSPS) is 23.7. The molecule has 0 spiro atoms. The molecule has 0 radical (unpaired) electrons. The van der Waals surface area contributed by atoms with Crippen LogP contribution in [-0.2, 0) is 0 Å². The van der Waals surface area contributed by atoms with Gasteiger partial charge in [0.2, 0.25) is 0 Å². The van der Waals surface area contributed by atoms with Crippen LogP contribution in [0.25, 0.3) is 0 Å². The van der Waals surface area contributed by atoms with E-state index in [-0.39, 0.29) is 18.6 Å². The van der Waals surface area contributed by atoms with Crippen LogP contribution in [0.4, 0.5) is 0 Å². The zero-order valence-corrected chi connectivity index (χ0v) is 10.9. The minimum atomic E-state index is -0.0289. The summed E-state index contributed by atoms with van der Waals surface area (Å²) in [7, 11) is 0. The largest absolute Gasteiger partial charge is 0.394 e. The highest BCUT2D eigenvalue weighted by molar-refractivity contribution is 6.31. The monoisotopic (exact) mass is 268 g/mol. The first kappa shape index (κ1) is 12.1. The molecule has 2 heterocycles. The molecule has 1 aromatic rings. The zero-order valence-electron chi connectivity index (χ0n) is 10.2. The van der Waals surface area contributed by atoms with E-state index in [4.69, 9.17) is 11.6 Å². The second-order valence-electron chi connectivity index (χ2n) is 5.16. The first-order chi connectivity index (χ1) is 8.70. The molecule has 1 amide bonds. The smallest absolute Gasteiger partial charge is 0.270 e. The molecule has 2 fully saturated rings. The van der Waals surface area contributed by atoms with Gasteiger partial charge in [-0.1, -0.05) is 11.6 Å². The summed E-state index contributed by atoms with van der Waals surface area (Å²) in [6.45, 7) is 0.779. The average Bonchev–Trinajstić information content (AvgIpc) is 2.97. The van der Waals surface area contributed by atoms with Gasteiger partial charge < -0.3 is 14.6 Å². The third kappa shape index (κ3) is 2.04. The molecule has 3 rings (SSSR count). The minimum absolute atomic E-state index is 0.00495. The van der Waals surface area contributed by atoms with Gasteiger partial charge in [-0.05, 0) is 31.7 Å². The van der Waals surface area contributed by atoms with Crippen molar-refractivity contribution in [3.05, 3.63) is 23.0 Å². The van der Waals surface area contributed by atoms with Gasteiger partial charge in [0, 0.05) is 18.8 Å². The molecule has 5 heteroatoms. The van der Waals surface area contributed by atoms with Gasteiger partial charge in [-0.25, -0.2) is 0 Å². The third-order valence-corrected chi connectivity index (χ3v) is 4.03. The van der Waals surface area contributed by atoms with Crippen molar-refractivity contribution < 1.29 is 9.90 Å². The molecule has 1 saturated carbocycles. The molecule has 0 aromatic carbocycles. The highest BCUT2D eigenvalue weighted by Gasteiger charge is 2.33. The van der Waals surface area contributed by atoms with Crippen molar-refractivity contribution in [2.45, 2.75) is 37.8 Å². The minimum Gasteiger partial charge on any atom is -0.394 e. The number of carbonyl (C=O) groups is 1. The van der Waals surface area contributed by atoms with E-state index in [2.05, 4.69) is 0 Å². The van der Waals surface area contributed by atoms with Crippen molar-refractivity contribution in [2.75, 3.05) is 13.2 Å². The Labute approximate surface area is 111 Å². The van der Waals surface area contributed by atoms with E-state index in [9.17, 15) is 9.90 Å². The lowest BCUT2D eigenvalue weighted by Crippen LogP contribution is -2.38. The number of hydrogen-bond acceptors (Lipinski definition) is 2. The van der Waals surface area contributed by atoms with E-state index in [0.29, 0.717) is 16.8 Å². The van der Waals surface area contributed by atoms with E-state index >= 15 is 0 Å². The van der Waals surface area contributed by atoms with Crippen LogP contribution in [0, 0.1) is 0 Å². The number of nitrogens with zero attached hydrogens (tertiary/aromatic N) is 2. The molecule has 1 aliphatic carbocycles. The molecule has 4 nitrogen and oxygen atoms in total. The summed E-state index contributed by atoms with van der Waals surface area (Å²) in [6.07, 6.45) is 5.94. The topological polar surface area (TPSA) is 45.5 Å². The summed E-state index contributed by atoms with van der Waals surface area (Å²) in [4.78, 5) is 14.3. The summed E-state index contributed by atoms with van der Waals surface area (Å²) in [6, 6.07) is 2.15. The van der Waals surface area contributed by atoms with Gasteiger partial charge in [0.15, 0.2) is 0 Å². The Balaban J connectivity index is 1.87. The van der Waals surface area contributed by atoms with Gasteiger partial charge in [0.25, 0.3) is 5.91 Å². The molecule has 0 unspecified atom stereocenters. The lowest BCUT2D eigenvalue weighted by molar-refractivity contribution is 0.0666. The molecule has 98 valence electrons. The van der Waals surface area contributed by atoms with E-state index in [1.54, 1.807) is 11.0 Å². The average molecular weight is 269 g/mol. The molecule has 1 aliphatic heterocycles. The number of hydrogen-bond donors (Lipinski definition) is 1. The number of aromatic nitrogens is 1. The Morgan fingerprint density at radius 1 is 1.44 bits per heavy atom. The molecule has 1 atom stereocenters. The van der Waals surface area contributed by atoms with Crippen LogP contribution in [0.3, 0.4) is 0 Å². The third-order valence-electron chi connectivity index (χ3n) is 3.82. The van der Waals surface area contributed by atoms with Gasteiger partial charge in [0.05, 0.1) is 17.7 Å². The SMILES string of the molecule is O=C(c1cc(Cl)cn1C1CC1)N1CCC[C@H]1CO. The van der Waals surface area contributed by atoms with Gasteiger partial charge in [-0.15, -0.1) is 0 Å². The van der Waals surface area contributed by atoms with Crippen molar-refractivity contribution in [1.82, 2.24) is 9.47 Å². The molecule has 18 heavy (non-hydrogen) atoms. The molecule has 0 bridgehead atoms. The fourth-order valence-electron chi connectivity index (χ4n) is 2.71. The van der Waals surface area contributed by atoms with Crippen LogP contribution in [0.15, 0.2) is 12.3 Å². The highest BCUT2D eigenvalue weighted by atomic mass is 35.5. The first-order valence-electron chi connectivity index (χ1n) is 6.50. The highest BCUT2D eigenvalue weighted by Crippen LogP contribution is 2.38. The fraction of sp³-hybridized carbons (Fsp3) is 0.615. The Hall–Kier alpha value is -1.00. The maximum atomic E-state index is 12.5. The Morgan fingerprint density at radius 2 is 2.22 bits per heavy atom. The van der Waals surface area contributed by atoms with Gasteiger partial charge in [0.1, 0.15) is 5.69 Å². The van der Waals surface area contributed by atoms with E-state index in [1.165, 1.54) is 0 Å². The van der Waals surface area contributed by atoms with E-state index in [0.717, 1.165) is 32.2 Å². The van der Waals surface area contributed by atoms with E-state index in [1.807, 2.05) is 10.8 Å². The number of amides is 1. The van der Waals surface area contributed by atoms with Gasteiger partial charge in [-0.3, -0.25) is 4.79 Å².